The summed E-state index contributed by atoms with van der Waals surface area (Å²) in [5.74, 6) is 1.75. The van der Waals surface area contributed by atoms with Gasteiger partial charge in [0.2, 0.25) is 0 Å². The Morgan fingerprint density at radius 3 is 2.50 bits per heavy atom. The summed E-state index contributed by atoms with van der Waals surface area (Å²) in [6.07, 6.45) is 6.56. The summed E-state index contributed by atoms with van der Waals surface area (Å²) in [7, 11) is 1.79. The lowest BCUT2D eigenvalue weighted by Crippen LogP contribution is -2.45. The molecule has 1 fully saturated rings. The molecule has 0 atom stereocenters. The second-order valence-corrected chi connectivity index (χ2v) is 5.92. The predicted octanol–water partition coefficient (Wildman–Crippen LogP) is 3.00. The fraction of sp³-hybridized carbons (Fsp3) is 0.714. The molecule has 2 N–H and O–H groups in total. The number of hydrogen-bond acceptors (Lipinski definition) is 6. The van der Waals surface area contributed by atoms with Crippen molar-refractivity contribution in [2.75, 3.05) is 37.1 Å². The Labute approximate surface area is 125 Å². The normalized spacial score (nSPS) is 16.6. The Balaban J connectivity index is 2.02. The van der Waals surface area contributed by atoms with E-state index in [2.05, 4.69) is 27.5 Å². The van der Waals surface area contributed by atoms with Crippen molar-refractivity contribution in [1.29, 1.82) is 0 Å². The molecule has 0 saturated heterocycles. The third kappa shape index (κ3) is 3.76. The van der Waals surface area contributed by atoms with Gasteiger partial charge in [-0.15, -0.1) is 0 Å². The van der Waals surface area contributed by atoms with Gasteiger partial charge in [-0.05, 0) is 31.9 Å². The predicted molar refractivity (Wildman–Crippen MR) is 84.7 cm³/mol. The van der Waals surface area contributed by atoms with E-state index >= 15 is 0 Å². The van der Waals surface area contributed by atoms with E-state index in [-0.39, 0.29) is 5.60 Å². The van der Waals surface area contributed by atoms with E-state index in [1.807, 2.05) is 12.3 Å². The van der Waals surface area contributed by atoms with Gasteiger partial charge in [0, 0.05) is 26.3 Å². The molecule has 1 aliphatic rings. The lowest BCUT2D eigenvalue weighted by molar-refractivity contribution is -0.0601. The summed E-state index contributed by atoms with van der Waals surface area (Å²) < 4.78 is 5.62. The van der Waals surface area contributed by atoms with Gasteiger partial charge < -0.3 is 15.4 Å². The first-order chi connectivity index (χ1) is 9.71. The lowest BCUT2D eigenvalue weighted by atomic mass is 9.80. The topological polar surface area (TPSA) is 59.1 Å². The first-order valence-corrected chi connectivity index (χ1v) is 8.40. The van der Waals surface area contributed by atoms with E-state index in [1.54, 1.807) is 18.9 Å². The highest BCUT2D eigenvalue weighted by atomic mass is 32.2. The van der Waals surface area contributed by atoms with Gasteiger partial charge in [0.1, 0.15) is 11.6 Å². The van der Waals surface area contributed by atoms with Crippen molar-refractivity contribution in [2.24, 2.45) is 0 Å². The summed E-state index contributed by atoms with van der Waals surface area (Å²) >= 11 is 1.56. The molecule has 20 heavy (non-hydrogen) atoms. The Bertz CT molecular complexity index is 432. The van der Waals surface area contributed by atoms with Crippen LogP contribution in [0.4, 0.5) is 11.6 Å². The third-order valence-electron chi connectivity index (χ3n) is 3.73. The maximum atomic E-state index is 5.62. The zero-order valence-electron chi connectivity index (χ0n) is 12.5. The quantitative estimate of drug-likeness (QED) is 0.568. The van der Waals surface area contributed by atoms with Crippen LogP contribution >= 0.6 is 11.8 Å². The van der Waals surface area contributed by atoms with Gasteiger partial charge in [0.05, 0.1) is 5.60 Å². The Hall–Kier alpha value is -1.01. The van der Waals surface area contributed by atoms with E-state index < -0.39 is 0 Å². The molecule has 0 unspecified atom stereocenters. The van der Waals surface area contributed by atoms with Crippen molar-refractivity contribution in [2.45, 2.75) is 43.4 Å². The van der Waals surface area contributed by atoms with Gasteiger partial charge in [-0.3, -0.25) is 0 Å². The first kappa shape index (κ1) is 15.4. The van der Waals surface area contributed by atoms with Gasteiger partial charge in [0.25, 0.3) is 0 Å². The minimum absolute atomic E-state index is 0.00147. The highest BCUT2D eigenvalue weighted by Crippen LogP contribution is 2.35. The maximum Gasteiger partial charge on any atom is 0.191 e. The largest absolute Gasteiger partial charge is 0.376 e. The molecule has 112 valence electrons. The molecule has 1 saturated carbocycles. The summed E-state index contributed by atoms with van der Waals surface area (Å²) in [6.45, 7) is 3.87. The van der Waals surface area contributed by atoms with E-state index in [1.165, 1.54) is 6.42 Å². The summed E-state index contributed by atoms with van der Waals surface area (Å²) in [5, 5.41) is 7.50. The lowest BCUT2D eigenvalue weighted by Gasteiger charge is -2.40. The van der Waals surface area contributed by atoms with Crippen LogP contribution in [0.2, 0.25) is 0 Å². The Kier molecular flexibility index (Phi) is 5.48. The number of nitrogens with one attached hydrogen (secondary N) is 2. The van der Waals surface area contributed by atoms with Crippen LogP contribution in [-0.2, 0) is 4.74 Å². The molecule has 0 radical (unpaired) electrons. The van der Waals surface area contributed by atoms with E-state index in [0.29, 0.717) is 0 Å². The maximum absolute atomic E-state index is 5.62. The van der Waals surface area contributed by atoms with E-state index in [9.17, 15) is 0 Å². The van der Waals surface area contributed by atoms with Crippen molar-refractivity contribution in [3.05, 3.63) is 6.07 Å². The summed E-state index contributed by atoms with van der Waals surface area (Å²) in [6, 6.07) is 1.97. The fourth-order valence-corrected chi connectivity index (χ4v) is 2.61. The standard InChI is InChI=1S/C14H24N4OS/c1-4-8-15-11-9-12(18-13(17-11)20-3)16-10-14(19-2)6-5-7-14/h9H,4-8,10H2,1-3H3,(H2,15,16,17,18). The molecule has 2 rings (SSSR count). The van der Waals surface area contributed by atoms with Gasteiger partial charge in [-0.25, -0.2) is 9.97 Å². The fourth-order valence-electron chi connectivity index (χ4n) is 2.23. The molecule has 1 aromatic heterocycles. The number of rotatable bonds is 8. The van der Waals surface area contributed by atoms with Crippen molar-refractivity contribution >= 4 is 23.4 Å². The molecule has 1 aromatic rings. The SMILES string of the molecule is CCCNc1cc(NCC2(OC)CCC2)nc(SC)n1. The smallest absolute Gasteiger partial charge is 0.191 e. The molecule has 0 aliphatic heterocycles. The number of ether oxygens (including phenoxy) is 1. The summed E-state index contributed by atoms with van der Waals surface area (Å²) in [5.41, 5.74) is 0.00147. The molecule has 1 heterocycles. The van der Waals surface area contributed by atoms with Crippen LogP contribution in [0.3, 0.4) is 0 Å². The van der Waals surface area contributed by atoms with Gasteiger partial charge in [0.15, 0.2) is 5.16 Å². The van der Waals surface area contributed by atoms with Gasteiger partial charge >= 0.3 is 0 Å². The van der Waals surface area contributed by atoms with Gasteiger partial charge in [-0.2, -0.15) is 0 Å². The average molecular weight is 296 g/mol. The van der Waals surface area contributed by atoms with E-state index in [0.717, 1.165) is 49.1 Å². The summed E-state index contributed by atoms with van der Waals surface area (Å²) in [4.78, 5) is 8.96. The monoisotopic (exact) mass is 296 g/mol. The van der Waals surface area contributed by atoms with Crippen molar-refractivity contribution < 1.29 is 4.74 Å². The van der Waals surface area contributed by atoms with Crippen LogP contribution < -0.4 is 10.6 Å². The number of methoxy groups -OCH3 is 1. The van der Waals surface area contributed by atoms with Crippen LogP contribution in [-0.4, -0.2) is 42.0 Å². The molecule has 0 aromatic carbocycles. The molecule has 0 spiro atoms. The first-order valence-electron chi connectivity index (χ1n) is 7.17. The van der Waals surface area contributed by atoms with Crippen LogP contribution in [0.15, 0.2) is 11.2 Å². The number of aromatic nitrogens is 2. The van der Waals surface area contributed by atoms with Crippen LogP contribution in [0.1, 0.15) is 32.6 Å². The van der Waals surface area contributed by atoms with Crippen molar-refractivity contribution in [3.8, 4) is 0 Å². The molecule has 0 amide bonds. The number of nitrogens with zero attached hydrogens (tertiary/aromatic N) is 2. The molecular weight excluding hydrogens is 272 g/mol. The molecule has 0 bridgehead atoms. The number of hydrogen-bond donors (Lipinski definition) is 2. The second kappa shape index (κ2) is 7.13. The van der Waals surface area contributed by atoms with Crippen LogP contribution in [0, 0.1) is 0 Å². The zero-order chi connectivity index (χ0) is 14.4. The minimum Gasteiger partial charge on any atom is -0.376 e. The van der Waals surface area contributed by atoms with E-state index in [4.69, 9.17) is 4.74 Å². The van der Waals surface area contributed by atoms with Gasteiger partial charge in [-0.1, -0.05) is 18.7 Å². The molecule has 1 aliphatic carbocycles. The molecule has 5 nitrogen and oxygen atoms in total. The zero-order valence-corrected chi connectivity index (χ0v) is 13.3. The molecular formula is C14H24N4OS. The average Bonchev–Trinajstić information content (AvgIpc) is 2.44. The molecule has 6 heteroatoms. The highest BCUT2D eigenvalue weighted by molar-refractivity contribution is 7.98. The third-order valence-corrected chi connectivity index (χ3v) is 4.28. The number of thioether (sulfide) groups is 1. The number of anilines is 2. The van der Waals surface area contributed by atoms with Crippen molar-refractivity contribution in [3.63, 3.8) is 0 Å². The van der Waals surface area contributed by atoms with Crippen LogP contribution in [0.5, 0.6) is 0 Å². The highest BCUT2D eigenvalue weighted by Gasteiger charge is 2.36. The van der Waals surface area contributed by atoms with Crippen LogP contribution in [0.25, 0.3) is 0 Å². The Morgan fingerprint density at radius 2 is 2.00 bits per heavy atom. The Morgan fingerprint density at radius 1 is 1.30 bits per heavy atom. The second-order valence-electron chi connectivity index (χ2n) is 5.15. The minimum atomic E-state index is 0.00147. The van der Waals surface area contributed by atoms with Crippen molar-refractivity contribution in [1.82, 2.24) is 9.97 Å².